The van der Waals surface area contributed by atoms with Crippen LogP contribution in [0.2, 0.25) is 10.0 Å². The first-order valence-electron chi connectivity index (χ1n) is 14.0. The molecule has 1 aromatic heterocycles. The molecule has 2 aliphatic heterocycles. The number of likely N-dealkylation sites (tertiary alicyclic amines) is 1. The summed E-state index contributed by atoms with van der Waals surface area (Å²) in [5.74, 6) is 0.770. The van der Waals surface area contributed by atoms with E-state index in [2.05, 4.69) is 26.5 Å². The fourth-order valence-corrected chi connectivity index (χ4v) is 5.82. The van der Waals surface area contributed by atoms with Crippen LogP contribution in [0.15, 0.2) is 52.3 Å². The van der Waals surface area contributed by atoms with Crippen LogP contribution in [0.5, 0.6) is 5.88 Å². The maximum atomic E-state index is 11.1. The molecule has 0 saturated carbocycles. The van der Waals surface area contributed by atoms with Crippen molar-refractivity contribution in [2.24, 2.45) is 15.9 Å². The number of benzene rings is 1. The molecule has 0 radical (unpaired) electrons. The Balaban J connectivity index is 1.55. The fraction of sp³-hybridized carbons (Fsp3) is 0.467. The lowest BCUT2D eigenvalue weighted by molar-refractivity contribution is -0.138. The Kier molecular flexibility index (Phi) is 11.3. The molecule has 1 atom stereocenters. The molecule has 2 aliphatic rings. The molecule has 2 aromatic rings. The maximum absolute atomic E-state index is 11.1. The second kappa shape index (κ2) is 14.9. The quantitative estimate of drug-likeness (QED) is 0.250. The molecule has 2 N–H and O–H groups in total. The van der Waals surface area contributed by atoms with E-state index in [1.54, 1.807) is 19.2 Å². The summed E-state index contributed by atoms with van der Waals surface area (Å²) in [6.45, 7) is 10.2. The van der Waals surface area contributed by atoms with Crippen LogP contribution in [-0.4, -0.2) is 101 Å². The molecule has 4 rings (SSSR count). The molecule has 42 heavy (non-hydrogen) atoms. The van der Waals surface area contributed by atoms with E-state index in [-0.39, 0.29) is 12.3 Å². The lowest BCUT2D eigenvalue weighted by Crippen LogP contribution is -2.36. The standard InChI is InChI=1S/C30H38Cl2N6O4/c1-20(16-34-30(33-2)38-9-8-36(3)18-26(39)19-38)42-28-11-22(17-37-6-4-21(5-7-37)12-29(40)41)10-27(35-28)23-13-24(31)15-25(32)14-23/h10-11,13-16,21,26,39H,2,4-9,12,17-19H2,1,3H3,(H,40,41)/b20-16+,34-30?. The summed E-state index contributed by atoms with van der Waals surface area (Å²) < 4.78 is 6.13. The average Bonchev–Trinajstić information content (AvgIpc) is 3.09. The molecule has 0 spiro atoms. The molecule has 10 nitrogen and oxygen atoms in total. The Morgan fingerprint density at radius 3 is 2.50 bits per heavy atom. The molecule has 1 aromatic carbocycles. The number of aliphatic hydroxyl groups is 1. The number of aromatic nitrogens is 1. The van der Waals surface area contributed by atoms with E-state index in [1.807, 2.05) is 36.2 Å². The highest BCUT2D eigenvalue weighted by Gasteiger charge is 2.23. The minimum atomic E-state index is -0.741. The van der Waals surface area contributed by atoms with Crippen molar-refractivity contribution in [2.45, 2.75) is 38.8 Å². The van der Waals surface area contributed by atoms with E-state index in [0.717, 1.165) is 43.6 Å². The van der Waals surface area contributed by atoms with Crippen LogP contribution < -0.4 is 4.74 Å². The second-order valence-corrected chi connectivity index (χ2v) is 11.8. The number of carbonyl (C=O) groups is 1. The molecule has 12 heteroatoms. The number of guanidine groups is 1. The summed E-state index contributed by atoms with van der Waals surface area (Å²) in [4.78, 5) is 30.7. The van der Waals surface area contributed by atoms with E-state index < -0.39 is 12.1 Å². The second-order valence-electron chi connectivity index (χ2n) is 11.0. The molecule has 3 heterocycles. The van der Waals surface area contributed by atoms with Gasteiger partial charge in [-0.1, -0.05) is 23.2 Å². The van der Waals surface area contributed by atoms with E-state index >= 15 is 0 Å². The summed E-state index contributed by atoms with van der Waals surface area (Å²) in [5.41, 5.74) is 2.43. The number of pyridine rings is 1. The first kappa shape index (κ1) is 31.9. The number of β-amino-alcohol motifs (C(OH)–C–C–N with tert-alkyl or cyclic N) is 1. The minimum Gasteiger partial charge on any atom is -0.481 e. The fourth-order valence-electron chi connectivity index (χ4n) is 5.30. The Morgan fingerprint density at radius 1 is 1.12 bits per heavy atom. The van der Waals surface area contributed by atoms with E-state index in [9.17, 15) is 9.90 Å². The zero-order valence-corrected chi connectivity index (χ0v) is 25.6. The monoisotopic (exact) mass is 616 g/mol. The minimum absolute atomic E-state index is 0.209. The van der Waals surface area contributed by atoms with Gasteiger partial charge < -0.3 is 24.7 Å². The highest BCUT2D eigenvalue weighted by Crippen LogP contribution is 2.30. The third-order valence-electron chi connectivity index (χ3n) is 7.35. The van der Waals surface area contributed by atoms with Gasteiger partial charge in [-0.3, -0.25) is 9.69 Å². The number of aliphatic imine (C=N–C) groups is 2. The van der Waals surface area contributed by atoms with Gasteiger partial charge in [-0.15, -0.1) is 0 Å². The number of halogens is 2. The number of nitrogens with zero attached hydrogens (tertiary/aromatic N) is 6. The lowest BCUT2D eigenvalue weighted by atomic mass is 9.93. The van der Waals surface area contributed by atoms with Crippen LogP contribution in [0, 0.1) is 5.92 Å². The predicted molar refractivity (Wildman–Crippen MR) is 166 cm³/mol. The van der Waals surface area contributed by atoms with E-state index in [4.69, 9.17) is 38.0 Å². The molecule has 226 valence electrons. The highest BCUT2D eigenvalue weighted by molar-refractivity contribution is 6.35. The van der Waals surface area contributed by atoms with Crippen molar-refractivity contribution in [3.8, 4) is 17.1 Å². The van der Waals surface area contributed by atoms with Crippen molar-refractivity contribution >= 4 is 41.8 Å². The Hall–Kier alpha value is -3.02. The molecule has 0 amide bonds. The number of hydrogen-bond acceptors (Lipinski definition) is 7. The molecule has 2 fully saturated rings. The number of carboxylic acid groups (broad SMARTS) is 1. The van der Waals surface area contributed by atoms with Gasteiger partial charge in [0.2, 0.25) is 11.8 Å². The van der Waals surface area contributed by atoms with Gasteiger partial charge in [-0.2, -0.15) is 0 Å². The number of aliphatic hydroxyl groups excluding tert-OH is 1. The first-order chi connectivity index (χ1) is 20.1. The summed E-state index contributed by atoms with van der Waals surface area (Å²) in [5, 5.41) is 20.5. The van der Waals surface area contributed by atoms with Crippen molar-refractivity contribution in [3.05, 3.63) is 57.9 Å². The van der Waals surface area contributed by atoms with Crippen molar-refractivity contribution in [2.75, 3.05) is 46.3 Å². The molecule has 0 aliphatic carbocycles. The Morgan fingerprint density at radius 2 is 1.83 bits per heavy atom. The topological polar surface area (TPSA) is 114 Å². The number of piperidine rings is 1. The molecule has 1 unspecified atom stereocenters. The van der Waals surface area contributed by atoms with Gasteiger partial charge in [0.05, 0.1) is 18.0 Å². The number of carboxylic acids is 1. The van der Waals surface area contributed by atoms with E-state index in [1.165, 1.54) is 0 Å². The van der Waals surface area contributed by atoms with Gasteiger partial charge in [0.25, 0.3) is 0 Å². The molecular formula is C30H38Cl2N6O4. The van der Waals surface area contributed by atoms with Gasteiger partial charge in [-0.05, 0) is 82.4 Å². The summed E-state index contributed by atoms with van der Waals surface area (Å²) in [6.07, 6.45) is 2.97. The highest BCUT2D eigenvalue weighted by atomic mass is 35.5. The number of rotatable bonds is 8. The van der Waals surface area contributed by atoms with Crippen molar-refractivity contribution < 1.29 is 19.7 Å². The van der Waals surface area contributed by atoms with Crippen LogP contribution >= 0.6 is 23.2 Å². The molecule has 0 bridgehead atoms. The van der Waals surface area contributed by atoms with Crippen LogP contribution in [0.25, 0.3) is 11.3 Å². The van der Waals surface area contributed by atoms with Gasteiger partial charge in [0, 0.05) is 60.8 Å². The van der Waals surface area contributed by atoms with Crippen molar-refractivity contribution in [1.82, 2.24) is 19.7 Å². The van der Waals surface area contributed by atoms with Crippen molar-refractivity contribution in [1.29, 1.82) is 0 Å². The Labute approximate surface area is 256 Å². The largest absolute Gasteiger partial charge is 0.481 e. The lowest BCUT2D eigenvalue weighted by Gasteiger charge is -2.31. The van der Waals surface area contributed by atoms with Crippen LogP contribution in [-0.2, 0) is 11.3 Å². The zero-order chi connectivity index (χ0) is 30.2. The van der Waals surface area contributed by atoms with Gasteiger partial charge in [0.15, 0.2) is 0 Å². The van der Waals surface area contributed by atoms with Gasteiger partial charge >= 0.3 is 5.97 Å². The summed E-state index contributed by atoms with van der Waals surface area (Å²) in [7, 11) is 1.97. The number of ether oxygens (including phenoxy) is 1. The van der Waals surface area contributed by atoms with Crippen molar-refractivity contribution in [3.63, 3.8) is 0 Å². The van der Waals surface area contributed by atoms with Crippen LogP contribution in [0.3, 0.4) is 0 Å². The van der Waals surface area contributed by atoms with E-state index in [0.29, 0.717) is 59.5 Å². The Bertz CT molecular complexity index is 1310. The number of allylic oxidation sites excluding steroid dienone is 1. The van der Waals surface area contributed by atoms with Gasteiger partial charge in [-0.25, -0.2) is 15.0 Å². The maximum Gasteiger partial charge on any atom is 0.303 e. The average molecular weight is 618 g/mol. The zero-order valence-electron chi connectivity index (χ0n) is 24.0. The van der Waals surface area contributed by atoms with Crippen LogP contribution in [0.4, 0.5) is 0 Å². The first-order valence-corrected chi connectivity index (χ1v) is 14.8. The number of likely N-dealkylation sites (N-methyl/N-ethyl adjacent to an activating group) is 1. The predicted octanol–water partition coefficient (Wildman–Crippen LogP) is 4.65. The molecule has 2 saturated heterocycles. The normalized spacial score (nSPS) is 19.9. The smallest absolute Gasteiger partial charge is 0.303 e. The summed E-state index contributed by atoms with van der Waals surface area (Å²) in [6, 6.07) is 9.18. The third kappa shape index (κ3) is 9.50. The SMILES string of the molecule is C=NC(=N/C=C(\C)Oc1cc(CN2CCC(CC(=O)O)CC2)cc(-c2cc(Cl)cc(Cl)c2)n1)N1CCN(C)CC(O)C1. The number of hydrogen-bond donors (Lipinski definition) is 2. The number of aliphatic carboxylic acids is 1. The third-order valence-corrected chi connectivity index (χ3v) is 7.79. The van der Waals surface area contributed by atoms with Gasteiger partial charge in [0.1, 0.15) is 5.76 Å². The van der Waals surface area contributed by atoms with Crippen LogP contribution in [0.1, 0.15) is 31.7 Å². The summed E-state index contributed by atoms with van der Waals surface area (Å²) >= 11 is 12.6. The molecular weight excluding hydrogens is 579 g/mol.